The number of carbonyl (C=O) groups excluding carboxylic acids is 1. The van der Waals surface area contributed by atoms with Crippen LogP contribution in [0.15, 0.2) is 35.8 Å². The zero-order chi connectivity index (χ0) is 16.8. The molecule has 1 atom stereocenters. The van der Waals surface area contributed by atoms with Crippen LogP contribution in [0.3, 0.4) is 0 Å². The number of aryl methyl sites for hydroxylation is 2. The second kappa shape index (κ2) is 8.26. The molecular formula is C18H23N3O2S. The van der Waals surface area contributed by atoms with Crippen LogP contribution in [0.4, 0.5) is 4.79 Å². The summed E-state index contributed by atoms with van der Waals surface area (Å²) in [6, 6.07) is 10.4. The first-order valence-electron chi connectivity index (χ1n) is 8.29. The van der Waals surface area contributed by atoms with Gasteiger partial charge in [-0.15, -0.1) is 11.3 Å². The maximum Gasteiger partial charge on any atom is 0.317 e. The summed E-state index contributed by atoms with van der Waals surface area (Å²) in [5, 5.41) is 2.99. The summed E-state index contributed by atoms with van der Waals surface area (Å²) in [6.07, 6.45) is 2.01. The maximum atomic E-state index is 12.4. The van der Waals surface area contributed by atoms with Crippen molar-refractivity contribution in [3.8, 4) is 0 Å². The molecule has 0 radical (unpaired) electrons. The van der Waals surface area contributed by atoms with Crippen molar-refractivity contribution in [2.75, 3.05) is 19.7 Å². The number of nitrogens with zero attached hydrogens (tertiary/aromatic N) is 2. The lowest BCUT2D eigenvalue weighted by atomic mass is 10.1. The fraction of sp³-hybridized carbons (Fsp3) is 0.444. The van der Waals surface area contributed by atoms with E-state index in [1.807, 2.05) is 23.4 Å². The van der Waals surface area contributed by atoms with Crippen LogP contribution < -0.4 is 5.32 Å². The third-order valence-corrected chi connectivity index (χ3v) is 5.20. The highest BCUT2D eigenvalue weighted by atomic mass is 32.1. The largest absolute Gasteiger partial charge is 0.375 e. The molecule has 1 aromatic carbocycles. The number of carbonyl (C=O) groups is 1. The number of ether oxygens (including phenoxy) is 1. The Morgan fingerprint density at radius 1 is 1.42 bits per heavy atom. The molecule has 1 saturated heterocycles. The molecule has 24 heavy (non-hydrogen) atoms. The number of aromatic nitrogens is 1. The zero-order valence-corrected chi connectivity index (χ0v) is 14.7. The third-order valence-electron chi connectivity index (χ3n) is 4.27. The highest BCUT2D eigenvalue weighted by Crippen LogP contribution is 2.14. The topological polar surface area (TPSA) is 54.5 Å². The molecule has 5 nitrogen and oxygen atoms in total. The normalized spacial score (nSPS) is 17.7. The molecule has 128 valence electrons. The van der Waals surface area contributed by atoms with Crippen molar-refractivity contribution in [1.82, 2.24) is 15.2 Å². The van der Waals surface area contributed by atoms with Crippen LogP contribution in [0.2, 0.25) is 0 Å². The van der Waals surface area contributed by atoms with E-state index in [2.05, 4.69) is 34.6 Å². The molecule has 0 aliphatic carbocycles. The first kappa shape index (κ1) is 16.9. The average Bonchev–Trinajstić information content (AvgIpc) is 3.04. The first-order valence-corrected chi connectivity index (χ1v) is 9.17. The number of thiazole rings is 1. The highest BCUT2D eigenvalue weighted by molar-refractivity contribution is 7.09. The van der Waals surface area contributed by atoms with E-state index in [0.29, 0.717) is 26.2 Å². The van der Waals surface area contributed by atoms with E-state index < -0.39 is 0 Å². The number of urea groups is 1. The quantitative estimate of drug-likeness (QED) is 0.906. The van der Waals surface area contributed by atoms with Crippen LogP contribution in [0.5, 0.6) is 0 Å². The monoisotopic (exact) mass is 345 g/mol. The van der Waals surface area contributed by atoms with Crippen LogP contribution in [0.1, 0.15) is 22.6 Å². The summed E-state index contributed by atoms with van der Waals surface area (Å²) in [6.45, 7) is 4.41. The predicted molar refractivity (Wildman–Crippen MR) is 95.2 cm³/mol. The van der Waals surface area contributed by atoms with Gasteiger partial charge in [-0.1, -0.05) is 30.3 Å². The number of hydrogen-bond acceptors (Lipinski definition) is 4. The number of benzene rings is 1. The lowest BCUT2D eigenvalue weighted by Crippen LogP contribution is -2.49. The molecule has 1 aliphatic rings. The Labute approximate surface area is 146 Å². The standard InChI is InChI=1S/C18H23N3O2S/c1-14-17(24-13-20-14)11-19-18(22)21-9-10-23-16(12-21)8-7-15-5-3-2-4-6-15/h2-6,13,16H,7-12H2,1H3,(H,19,22)/t16-/m0/s1. The Bertz CT molecular complexity index is 659. The van der Waals surface area contributed by atoms with E-state index in [1.165, 1.54) is 5.56 Å². The van der Waals surface area contributed by atoms with Crippen LogP contribution in [-0.4, -0.2) is 41.7 Å². The molecule has 0 saturated carbocycles. The lowest BCUT2D eigenvalue weighted by molar-refractivity contribution is -0.0176. The van der Waals surface area contributed by atoms with E-state index >= 15 is 0 Å². The predicted octanol–water partition coefficient (Wildman–Crippen LogP) is 2.99. The minimum Gasteiger partial charge on any atom is -0.375 e. The van der Waals surface area contributed by atoms with Crippen molar-refractivity contribution in [3.05, 3.63) is 52.0 Å². The maximum absolute atomic E-state index is 12.4. The molecule has 1 N–H and O–H groups in total. The molecule has 1 aromatic heterocycles. The van der Waals surface area contributed by atoms with Gasteiger partial charge in [-0.3, -0.25) is 0 Å². The molecule has 0 bridgehead atoms. The lowest BCUT2D eigenvalue weighted by Gasteiger charge is -2.33. The number of nitrogens with one attached hydrogen (secondary N) is 1. The minimum atomic E-state index is -0.0178. The highest BCUT2D eigenvalue weighted by Gasteiger charge is 2.24. The fourth-order valence-corrected chi connectivity index (χ4v) is 3.53. The van der Waals surface area contributed by atoms with E-state index in [9.17, 15) is 4.79 Å². The molecule has 1 fully saturated rings. The van der Waals surface area contributed by atoms with Gasteiger partial charge in [-0.25, -0.2) is 9.78 Å². The average molecular weight is 345 g/mol. The van der Waals surface area contributed by atoms with Gasteiger partial charge in [-0.2, -0.15) is 0 Å². The first-order chi connectivity index (χ1) is 11.7. The summed E-state index contributed by atoms with van der Waals surface area (Å²) >= 11 is 1.58. The van der Waals surface area contributed by atoms with Crippen LogP contribution in [-0.2, 0) is 17.7 Å². The van der Waals surface area contributed by atoms with Crippen molar-refractivity contribution in [2.45, 2.75) is 32.4 Å². The van der Waals surface area contributed by atoms with Gasteiger partial charge in [0, 0.05) is 18.0 Å². The molecule has 2 amide bonds. The summed E-state index contributed by atoms with van der Waals surface area (Å²) in [7, 11) is 0. The van der Waals surface area contributed by atoms with Crippen molar-refractivity contribution >= 4 is 17.4 Å². The van der Waals surface area contributed by atoms with E-state index in [4.69, 9.17) is 4.74 Å². The Hall–Kier alpha value is -1.92. The summed E-state index contributed by atoms with van der Waals surface area (Å²) in [4.78, 5) is 19.5. The Balaban J connectivity index is 1.46. The molecular weight excluding hydrogens is 322 g/mol. The van der Waals surface area contributed by atoms with Gasteiger partial charge in [0.15, 0.2) is 0 Å². The molecule has 1 aliphatic heterocycles. The van der Waals surface area contributed by atoms with Gasteiger partial charge in [0.2, 0.25) is 0 Å². The van der Waals surface area contributed by atoms with Crippen molar-refractivity contribution in [3.63, 3.8) is 0 Å². The van der Waals surface area contributed by atoms with Gasteiger partial charge >= 0.3 is 6.03 Å². The van der Waals surface area contributed by atoms with Gasteiger partial charge in [0.05, 0.1) is 30.5 Å². The van der Waals surface area contributed by atoms with Crippen molar-refractivity contribution < 1.29 is 9.53 Å². The third kappa shape index (κ3) is 4.55. The molecule has 3 rings (SSSR count). The van der Waals surface area contributed by atoms with Crippen LogP contribution >= 0.6 is 11.3 Å². The van der Waals surface area contributed by atoms with Gasteiger partial charge in [0.1, 0.15) is 0 Å². The molecule has 2 aromatic rings. The van der Waals surface area contributed by atoms with Crippen LogP contribution in [0, 0.1) is 6.92 Å². The summed E-state index contributed by atoms with van der Waals surface area (Å²) < 4.78 is 5.82. The second-order valence-corrected chi connectivity index (χ2v) is 6.92. The van der Waals surface area contributed by atoms with E-state index in [-0.39, 0.29) is 12.1 Å². The molecule has 6 heteroatoms. The Morgan fingerprint density at radius 2 is 2.25 bits per heavy atom. The number of hydrogen-bond donors (Lipinski definition) is 1. The molecule has 0 unspecified atom stereocenters. The second-order valence-electron chi connectivity index (χ2n) is 5.98. The number of amides is 2. The van der Waals surface area contributed by atoms with Gasteiger partial charge < -0.3 is 15.0 Å². The summed E-state index contributed by atoms with van der Waals surface area (Å²) in [5.41, 5.74) is 4.11. The van der Waals surface area contributed by atoms with Gasteiger partial charge in [0.25, 0.3) is 0 Å². The number of morpholine rings is 1. The SMILES string of the molecule is Cc1ncsc1CNC(=O)N1CCO[C@@H](CCc2ccccc2)C1. The zero-order valence-electron chi connectivity index (χ0n) is 13.9. The molecule has 2 heterocycles. The molecule has 0 spiro atoms. The van der Waals surface area contributed by atoms with Crippen molar-refractivity contribution in [1.29, 1.82) is 0 Å². The van der Waals surface area contributed by atoms with Gasteiger partial charge in [-0.05, 0) is 25.3 Å². The smallest absolute Gasteiger partial charge is 0.317 e. The number of rotatable bonds is 5. The van der Waals surface area contributed by atoms with E-state index in [1.54, 1.807) is 11.3 Å². The minimum absolute atomic E-state index is 0.0178. The summed E-state index contributed by atoms with van der Waals surface area (Å²) in [5.74, 6) is 0. The van der Waals surface area contributed by atoms with E-state index in [0.717, 1.165) is 23.4 Å². The Morgan fingerprint density at radius 3 is 3.00 bits per heavy atom. The fourth-order valence-electron chi connectivity index (χ4n) is 2.81. The van der Waals surface area contributed by atoms with Crippen LogP contribution in [0.25, 0.3) is 0 Å². The Kier molecular flexibility index (Phi) is 5.82. The van der Waals surface area contributed by atoms with Crippen molar-refractivity contribution in [2.24, 2.45) is 0 Å².